The van der Waals surface area contributed by atoms with E-state index in [2.05, 4.69) is 38.7 Å². The van der Waals surface area contributed by atoms with Crippen molar-refractivity contribution in [3.63, 3.8) is 0 Å². The van der Waals surface area contributed by atoms with Crippen molar-refractivity contribution in [3.8, 4) is 0 Å². The van der Waals surface area contributed by atoms with E-state index in [-0.39, 0.29) is 5.03 Å². The van der Waals surface area contributed by atoms with Crippen molar-refractivity contribution in [1.82, 2.24) is 19.5 Å². The molecule has 2 heterocycles. The summed E-state index contributed by atoms with van der Waals surface area (Å²) in [6.45, 7) is 2.08. The minimum absolute atomic E-state index is 0.0534. The van der Waals surface area contributed by atoms with Gasteiger partial charge in [-0.3, -0.25) is 4.72 Å². The first-order chi connectivity index (χ1) is 13.3. The monoisotopic (exact) mass is 396 g/mol. The molecule has 0 unspecified atom stereocenters. The summed E-state index contributed by atoms with van der Waals surface area (Å²) in [5.41, 5.74) is 8.09. The number of sulfonamides is 1. The molecule has 0 saturated carbocycles. The lowest BCUT2D eigenvalue weighted by atomic mass is 10.2. The molecule has 0 amide bonds. The molecule has 4 rings (SSSR count). The van der Waals surface area contributed by atoms with Gasteiger partial charge in [-0.25, -0.2) is 15.0 Å². The number of nitrogen functional groups attached to an aromatic ring is 1. The maximum Gasteiger partial charge on any atom is 0.280 e. The van der Waals surface area contributed by atoms with Crippen molar-refractivity contribution in [2.24, 2.45) is 7.05 Å². The number of hydrogen-bond acceptors (Lipinski definition) is 6. The average molecular weight is 396 g/mol. The number of nitrogens with zero attached hydrogens (tertiary/aromatic N) is 4. The van der Waals surface area contributed by atoms with E-state index in [4.69, 9.17) is 5.73 Å². The highest BCUT2D eigenvalue weighted by atomic mass is 32.2. The maximum atomic E-state index is 12.2. The van der Waals surface area contributed by atoms with E-state index in [0.29, 0.717) is 22.4 Å². The third-order valence-electron chi connectivity index (χ3n) is 3.82. The second kappa shape index (κ2) is 8.05. The van der Waals surface area contributed by atoms with Gasteiger partial charge in [0.1, 0.15) is 12.1 Å². The van der Waals surface area contributed by atoms with Crippen LogP contribution in [0.3, 0.4) is 0 Å². The lowest BCUT2D eigenvalue weighted by Crippen LogP contribution is -2.13. The van der Waals surface area contributed by atoms with Crippen molar-refractivity contribution in [1.29, 1.82) is 0 Å². The summed E-state index contributed by atoms with van der Waals surface area (Å²) in [7, 11) is -2.04. The third-order valence-corrected chi connectivity index (χ3v) is 5.08. The molecule has 0 atom stereocenters. The van der Waals surface area contributed by atoms with Gasteiger partial charge in [0, 0.05) is 24.3 Å². The predicted octanol–water partition coefficient (Wildman–Crippen LogP) is 2.74. The average Bonchev–Trinajstić information content (AvgIpc) is 3.11. The number of anilines is 2. The van der Waals surface area contributed by atoms with Gasteiger partial charge in [-0.2, -0.15) is 8.42 Å². The van der Waals surface area contributed by atoms with Gasteiger partial charge in [0.05, 0.1) is 11.8 Å². The highest BCUT2D eigenvalue weighted by Gasteiger charge is 2.17. The van der Waals surface area contributed by atoms with Crippen molar-refractivity contribution in [2.75, 3.05) is 10.5 Å². The van der Waals surface area contributed by atoms with Crippen molar-refractivity contribution >= 4 is 32.4 Å². The van der Waals surface area contributed by atoms with Crippen LogP contribution in [0.1, 0.15) is 5.56 Å². The fourth-order valence-corrected chi connectivity index (χ4v) is 3.44. The van der Waals surface area contributed by atoms with Gasteiger partial charge >= 0.3 is 0 Å². The zero-order valence-electron chi connectivity index (χ0n) is 15.4. The zero-order chi connectivity index (χ0) is 20.1. The van der Waals surface area contributed by atoms with Crippen molar-refractivity contribution in [2.45, 2.75) is 11.9 Å². The molecule has 0 aliphatic carbocycles. The number of rotatable bonds is 3. The fraction of sp³-hybridized carbons (Fsp3) is 0.105. The maximum absolute atomic E-state index is 12.2. The first-order valence-corrected chi connectivity index (χ1v) is 9.86. The van der Waals surface area contributed by atoms with Crippen LogP contribution >= 0.6 is 0 Å². The van der Waals surface area contributed by atoms with Gasteiger partial charge in [-0.1, -0.05) is 35.9 Å². The number of nitrogens with one attached hydrogen (secondary N) is 1. The lowest BCUT2D eigenvalue weighted by Gasteiger charge is -2.07. The van der Waals surface area contributed by atoms with Crippen molar-refractivity contribution in [3.05, 3.63) is 72.9 Å². The van der Waals surface area contributed by atoms with Gasteiger partial charge in [0.25, 0.3) is 10.0 Å². The SMILES string of the molecule is Cc1ccccc1.Cn1cnc(S(=O)(=O)Nc2ccc3ncnc(N)c3c2)c1. The molecule has 144 valence electrons. The first kappa shape index (κ1) is 19.3. The molecule has 2 aromatic heterocycles. The van der Waals surface area contributed by atoms with Crippen LogP contribution in [-0.4, -0.2) is 27.9 Å². The molecule has 0 fully saturated rings. The second-order valence-corrected chi connectivity index (χ2v) is 7.76. The Kier molecular flexibility index (Phi) is 5.55. The largest absolute Gasteiger partial charge is 0.383 e. The number of imidazole rings is 1. The Balaban J connectivity index is 0.000000271. The van der Waals surface area contributed by atoms with E-state index in [1.807, 2.05) is 18.2 Å². The summed E-state index contributed by atoms with van der Waals surface area (Å²) >= 11 is 0. The number of aryl methyl sites for hydroxylation is 2. The molecule has 0 radical (unpaired) electrons. The molecule has 28 heavy (non-hydrogen) atoms. The molecule has 0 aliphatic rings. The molecule has 0 spiro atoms. The van der Waals surface area contributed by atoms with E-state index in [9.17, 15) is 8.42 Å². The molecule has 0 saturated heterocycles. The van der Waals surface area contributed by atoms with Crippen LogP contribution in [0.5, 0.6) is 0 Å². The van der Waals surface area contributed by atoms with E-state index in [1.165, 1.54) is 24.4 Å². The summed E-state index contributed by atoms with van der Waals surface area (Å²) in [5, 5.41) is 0.529. The van der Waals surface area contributed by atoms with Crippen LogP contribution in [0.4, 0.5) is 11.5 Å². The summed E-state index contributed by atoms with van der Waals surface area (Å²) in [6.07, 6.45) is 4.19. The summed E-state index contributed by atoms with van der Waals surface area (Å²) < 4.78 is 28.4. The molecular weight excluding hydrogens is 376 g/mol. The molecule has 8 nitrogen and oxygen atoms in total. The molecule has 2 aromatic carbocycles. The predicted molar refractivity (Wildman–Crippen MR) is 109 cm³/mol. The highest BCUT2D eigenvalue weighted by molar-refractivity contribution is 7.92. The minimum atomic E-state index is -3.74. The molecule has 4 aromatic rings. The quantitative estimate of drug-likeness (QED) is 0.550. The van der Waals surface area contributed by atoms with Crippen LogP contribution in [0, 0.1) is 6.92 Å². The molecular formula is C19H20N6O2S. The number of fused-ring (bicyclic) bond motifs is 1. The summed E-state index contributed by atoms with van der Waals surface area (Å²) in [5.74, 6) is 0.291. The van der Waals surface area contributed by atoms with Gasteiger partial charge in [-0.05, 0) is 25.1 Å². The van der Waals surface area contributed by atoms with Gasteiger partial charge in [0.2, 0.25) is 0 Å². The van der Waals surface area contributed by atoms with Crippen LogP contribution < -0.4 is 10.5 Å². The second-order valence-electron chi connectivity index (χ2n) is 6.13. The molecule has 0 bridgehead atoms. The normalized spacial score (nSPS) is 10.9. The van der Waals surface area contributed by atoms with E-state index in [1.54, 1.807) is 29.8 Å². The van der Waals surface area contributed by atoms with Gasteiger partial charge in [-0.15, -0.1) is 0 Å². The Morgan fingerprint density at radius 1 is 1.04 bits per heavy atom. The summed E-state index contributed by atoms with van der Waals surface area (Å²) in [4.78, 5) is 11.8. The third kappa shape index (κ3) is 4.63. The van der Waals surface area contributed by atoms with E-state index in [0.717, 1.165) is 0 Å². The van der Waals surface area contributed by atoms with Gasteiger partial charge in [0.15, 0.2) is 5.03 Å². The Morgan fingerprint density at radius 2 is 1.79 bits per heavy atom. The highest BCUT2D eigenvalue weighted by Crippen LogP contribution is 2.22. The standard InChI is InChI=1S/C12H12N6O2S.C7H8/c1-18-5-11(16-7-18)21(19,20)17-8-2-3-10-9(4-8)12(13)15-6-14-10;1-7-5-3-2-4-6-7/h2-7,17H,1H3,(H2,13,14,15);2-6H,1H3. The summed E-state index contributed by atoms with van der Waals surface area (Å²) in [6, 6.07) is 15.1. The Labute approximate surface area is 163 Å². The number of aromatic nitrogens is 4. The molecule has 0 aliphatic heterocycles. The first-order valence-electron chi connectivity index (χ1n) is 8.38. The van der Waals surface area contributed by atoms with Crippen molar-refractivity contribution < 1.29 is 8.42 Å². The van der Waals surface area contributed by atoms with Crippen LogP contribution in [-0.2, 0) is 17.1 Å². The Bertz CT molecular complexity index is 1190. The Morgan fingerprint density at radius 3 is 2.39 bits per heavy atom. The number of hydrogen-bond donors (Lipinski definition) is 2. The number of benzene rings is 2. The minimum Gasteiger partial charge on any atom is -0.383 e. The van der Waals surface area contributed by atoms with E-state index < -0.39 is 10.0 Å². The fourth-order valence-electron chi connectivity index (χ4n) is 2.41. The zero-order valence-corrected chi connectivity index (χ0v) is 16.3. The molecule has 3 N–H and O–H groups in total. The lowest BCUT2D eigenvalue weighted by molar-refractivity contribution is 0.598. The van der Waals surface area contributed by atoms with Crippen LogP contribution in [0.15, 0.2) is 72.4 Å². The topological polar surface area (TPSA) is 116 Å². The number of nitrogens with two attached hydrogens (primary N) is 1. The van der Waals surface area contributed by atoms with Crippen LogP contribution in [0.2, 0.25) is 0 Å². The van der Waals surface area contributed by atoms with Crippen LogP contribution in [0.25, 0.3) is 10.9 Å². The van der Waals surface area contributed by atoms with E-state index >= 15 is 0 Å². The van der Waals surface area contributed by atoms with Gasteiger partial charge < -0.3 is 10.3 Å². The molecule has 9 heteroatoms. The Hall–Kier alpha value is -3.46. The smallest absolute Gasteiger partial charge is 0.280 e.